The SMILES string of the molecule is CC(C)=C([SiH2]O[SiH3])[Si](C)(C)O[SiH3]. The molecule has 0 fully saturated rings. The lowest BCUT2D eigenvalue weighted by molar-refractivity contribution is 0.618. The third-order valence-electron chi connectivity index (χ3n) is 2.13. The summed E-state index contributed by atoms with van der Waals surface area (Å²) in [7, 11) is -0.189. The Morgan fingerprint density at radius 2 is 1.75 bits per heavy atom. The molecule has 0 unspecified atom stereocenters. The van der Waals surface area contributed by atoms with Gasteiger partial charge in [0.25, 0.3) is 0 Å². The van der Waals surface area contributed by atoms with Gasteiger partial charge in [-0.25, -0.2) is 0 Å². The zero-order valence-corrected chi connectivity index (χ0v) is 15.4. The van der Waals surface area contributed by atoms with Crippen molar-refractivity contribution in [1.29, 1.82) is 0 Å². The minimum atomic E-state index is -1.49. The Kier molecular flexibility index (Phi) is 5.53. The average Bonchev–Trinajstić information content (AvgIpc) is 1.99. The fourth-order valence-corrected chi connectivity index (χ4v) is 8.81. The normalized spacial score (nSPS) is 13.0. The third kappa shape index (κ3) is 3.50. The number of allylic oxidation sites excluding steroid dienone is 1. The first-order valence-electron chi connectivity index (χ1n) is 4.16. The summed E-state index contributed by atoms with van der Waals surface area (Å²) in [6.07, 6.45) is 0. The maximum atomic E-state index is 5.70. The highest BCUT2D eigenvalue weighted by atomic mass is 28.4. The quantitative estimate of drug-likeness (QED) is 0.565. The Bertz CT molecular complexity index is 174. The summed E-state index contributed by atoms with van der Waals surface area (Å²) in [5.41, 5.74) is 1.44. The molecule has 0 rings (SSSR count). The molecule has 6 heteroatoms. The first-order valence-corrected chi connectivity index (χ1v) is 9.99. The van der Waals surface area contributed by atoms with Gasteiger partial charge in [0, 0.05) is 0 Å². The zero-order chi connectivity index (χ0) is 9.78. The fourth-order valence-electron chi connectivity index (χ4n) is 1.19. The van der Waals surface area contributed by atoms with E-state index in [1.54, 1.807) is 4.82 Å². The summed E-state index contributed by atoms with van der Waals surface area (Å²) in [6.45, 7) is 8.91. The molecule has 0 heterocycles. The monoisotopic (exact) mass is 236 g/mol. The van der Waals surface area contributed by atoms with Gasteiger partial charge in [-0.05, 0) is 31.8 Å². The molecule has 0 aliphatic rings. The molecule has 0 aromatic heterocycles. The van der Waals surface area contributed by atoms with Crippen LogP contribution in [0.1, 0.15) is 13.8 Å². The molecule has 0 aliphatic carbocycles. The molecule has 0 saturated heterocycles. The van der Waals surface area contributed by atoms with Crippen LogP contribution in [0.3, 0.4) is 0 Å². The van der Waals surface area contributed by atoms with Crippen molar-refractivity contribution < 1.29 is 8.23 Å². The second kappa shape index (κ2) is 5.30. The van der Waals surface area contributed by atoms with E-state index < -0.39 is 18.1 Å². The van der Waals surface area contributed by atoms with Crippen molar-refractivity contribution in [3.8, 4) is 0 Å². The molecule has 0 spiro atoms. The van der Waals surface area contributed by atoms with Crippen LogP contribution in [-0.4, -0.2) is 39.1 Å². The Morgan fingerprint density at radius 1 is 1.25 bits per heavy atom. The van der Waals surface area contributed by atoms with Crippen LogP contribution in [0.4, 0.5) is 0 Å². The van der Waals surface area contributed by atoms with Crippen LogP contribution in [0.15, 0.2) is 10.4 Å². The highest BCUT2D eigenvalue weighted by molar-refractivity contribution is 6.90. The van der Waals surface area contributed by atoms with Crippen molar-refractivity contribution >= 4 is 39.1 Å². The van der Waals surface area contributed by atoms with E-state index in [-0.39, 0.29) is 0 Å². The van der Waals surface area contributed by atoms with Gasteiger partial charge in [0.2, 0.25) is 0 Å². The summed E-state index contributed by atoms with van der Waals surface area (Å²) in [6, 6.07) is 0. The molecule has 0 saturated carbocycles. The van der Waals surface area contributed by atoms with E-state index in [1.165, 1.54) is 5.57 Å². The summed E-state index contributed by atoms with van der Waals surface area (Å²) in [4.78, 5) is 1.56. The minimum Gasteiger partial charge on any atom is -0.465 e. The van der Waals surface area contributed by atoms with Crippen molar-refractivity contribution in [2.45, 2.75) is 26.9 Å². The average molecular weight is 237 g/mol. The molecule has 0 atom stereocenters. The van der Waals surface area contributed by atoms with Crippen LogP contribution in [0, 0.1) is 0 Å². The van der Waals surface area contributed by atoms with Gasteiger partial charge in [0.15, 0.2) is 18.1 Å². The fraction of sp³-hybridized carbons (Fsp3) is 0.667. The van der Waals surface area contributed by atoms with Gasteiger partial charge in [0.05, 0.1) is 0 Å². The van der Waals surface area contributed by atoms with Gasteiger partial charge in [-0.1, -0.05) is 5.57 Å². The van der Waals surface area contributed by atoms with E-state index in [2.05, 4.69) is 26.9 Å². The third-order valence-corrected chi connectivity index (χ3v) is 13.3. The van der Waals surface area contributed by atoms with Crippen LogP contribution < -0.4 is 0 Å². The molecule has 12 heavy (non-hydrogen) atoms. The maximum Gasteiger partial charge on any atom is 0.199 e. The first kappa shape index (κ1) is 12.5. The van der Waals surface area contributed by atoms with E-state index in [9.17, 15) is 0 Å². The molecular formula is C6H20O2Si4. The molecular weight excluding hydrogens is 216 g/mol. The van der Waals surface area contributed by atoms with Crippen LogP contribution in [0.25, 0.3) is 0 Å². The Hall–Kier alpha value is 0.528. The van der Waals surface area contributed by atoms with Crippen LogP contribution in [0.5, 0.6) is 0 Å². The standard InChI is InChI=1S/C6H20O2Si4/c1-5(2)6(11-7-9)12(3,4)8-10/h11H2,1-4,9-10H3. The van der Waals surface area contributed by atoms with Gasteiger partial charge in [0.1, 0.15) is 21.0 Å². The van der Waals surface area contributed by atoms with Gasteiger partial charge in [-0.3, -0.25) is 0 Å². The van der Waals surface area contributed by atoms with E-state index in [0.717, 1.165) is 21.0 Å². The second-order valence-corrected chi connectivity index (χ2v) is 12.9. The highest BCUT2D eigenvalue weighted by Gasteiger charge is 2.26. The molecule has 0 aliphatic heterocycles. The van der Waals surface area contributed by atoms with E-state index >= 15 is 0 Å². The Balaban J connectivity index is 4.64. The van der Waals surface area contributed by atoms with Crippen molar-refractivity contribution in [1.82, 2.24) is 0 Å². The van der Waals surface area contributed by atoms with Gasteiger partial charge >= 0.3 is 0 Å². The predicted molar refractivity (Wildman–Crippen MR) is 66.4 cm³/mol. The predicted octanol–water partition coefficient (Wildman–Crippen LogP) is -1.30. The zero-order valence-electron chi connectivity index (χ0n) is 9.02. The number of hydrogen-bond donors (Lipinski definition) is 0. The van der Waals surface area contributed by atoms with Crippen LogP contribution in [0.2, 0.25) is 13.1 Å². The minimum absolute atomic E-state index is 0.427. The van der Waals surface area contributed by atoms with Crippen molar-refractivity contribution in [2.75, 3.05) is 0 Å². The lowest BCUT2D eigenvalue weighted by Crippen LogP contribution is -2.36. The molecule has 0 radical (unpaired) electrons. The molecule has 0 bridgehead atoms. The van der Waals surface area contributed by atoms with Gasteiger partial charge in [-0.15, -0.1) is 0 Å². The Morgan fingerprint density at radius 3 is 2.00 bits per heavy atom. The lowest BCUT2D eigenvalue weighted by Gasteiger charge is -2.25. The molecule has 0 amide bonds. The Labute approximate surface area is 84.9 Å². The van der Waals surface area contributed by atoms with E-state index in [4.69, 9.17) is 8.23 Å². The first-order chi connectivity index (χ1) is 5.45. The van der Waals surface area contributed by atoms with Gasteiger partial charge < -0.3 is 8.23 Å². The smallest absolute Gasteiger partial charge is 0.199 e. The van der Waals surface area contributed by atoms with Crippen molar-refractivity contribution in [3.05, 3.63) is 10.4 Å². The molecule has 0 N–H and O–H groups in total. The van der Waals surface area contributed by atoms with Crippen LogP contribution in [-0.2, 0) is 8.23 Å². The largest absolute Gasteiger partial charge is 0.465 e. The summed E-state index contributed by atoms with van der Waals surface area (Å²) >= 11 is 0. The van der Waals surface area contributed by atoms with Crippen molar-refractivity contribution in [3.63, 3.8) is 0 Å². The molecule has 0 aromatic rings. The number of rotatable bonds is 4. The van der Waals surface area contributed by atoms with Crippen LogP contribution >= 0.6 is 0 Å². The second-order valence-electron chi connectivity index (χ2n) is 3.63. The topological polar surface area (TPSA) is 18.5 Å². The highest BCUT2D eigenvalue weighted by Crippen LogP contribution is 2.17. The van der Waals surface area contributed by atoms with Crippen molar-refractivity contribution in [2.24, 2.45) is 0 Å². The summed E-state index contributed by atoms with van der Waals surface area (Å²) in [5.74, 6) is 0. The maximum absolute atomic E-state index is 5.70. The molecule has 0 aromatic carbocycles. The summed E-state index contributed by atoms with van der Waals surface area (Å²) in [5, 5.41) is 0. The van der Waals surface area contributed by atoms with Gasteiger partial charge in [-0.2, -0.15) is 0 Å². The molecule has 2 nitrogen and oxygen atoms in total. The number of hydrogen-bond acceptors (Lipinski definition) is 2. The lowest BCUT2D eigenvalue weighted by atomic mass is 10.4. The van der Waals surface area contributed by atoms with E-state index in [0.29, 0.717) is 0 Å². The summed E-state index contributed by atoms with van der Waals surface area (Å²) < 4.78 is 11.1. The molecule has 72 valence electrons. The van der Waals surface area contributed by atoms with E-state index in [1.807, 2.05) is 0 Å².